The van der Waals surface area contributed by atoms with Crippen LogP contribution in [-0.2, 0) is 56.4 Å². The molecule has 0 aliphatic rings. The number of hydrogen-bond donors (Lipinski definition) is 0. The van der Waals surface area contributed by atoms with Crippen LogP contribution < -0.4 is 0 Å². The first-order valence-corrected chi connectivity index (χ1v) is 0.561. The molecule has 0 aliphatic heterocycles. The molecule has 0 unspecified atom stereocenters. The van der Waals surface area contributed by atoms with Crippen molar-refractivity contribution in [2.24, 2.45) is 0 Å². The van der Waals surface area contributed by atoms with Crippen LogP contribution >= 0.6 is 0 Å². The summed E-state index contributed by atoms with van der Waals surface area (Å²) in [6.45, 7) is 0. The van der Waals surface area contributed by atoms with Gasteiger partial charge in [0.15, 0.2) is 0 Å². The van der Waals surface area contributed by atoms with Crippen LogP contribution in [0.25, 0.3) is 0 Å². The van der Waals surface area contributed by atoms with Gasteiger partial charge in [0.05, 0.1) is 0 Å². The Labute approximate surface area is 56.3 Å². The molecule has 1 nitrogen and oxygen atoms in total. The fourth-order valence-corrected chi connectivity index (χ4v) is 0. The van der Waals surface area contributed by atoms with Gasteiger partial charge in [0, 0.05) is 36.9 Å². The minimum Gasteiger partial charge on any atom is 0 e. The Morgan fingerprint density at radius 1 is 1.25 bits per heavy atom. The third-order valence-corrected chi connectivity index (χ3v) is 0. The molecule has 0 aromatic heterocycles. The molecular formula is CoNiOPd. The Hall–Kier alpha value is 1.46. The zero-order chi connectivity index (χ0) is 2.00. The van der Waals surface area contributed by atoms with Crippen LogP contribution in [-0.4, -0.2) is 0 Å². The summed E-state index contributed by atoms with van der Waals surface area (Å²) < 4.78 is 7.94. The van der Waals surface area contributed by atoms with Gasteiger partial charge < -0.3 is 0 Å². The maximum absolute atomic E-state index is 7.94. The normalized spacial score (nSPS) is 1.25. The third-order valence-electron chi connectivity index (χ3n) is 0. The molecule has 0 aromatic rings. The molecule has 35 valence electrons. The topological polar surface area (TPSA) is 17.1 Å². The standard InChI is InChI=1S/Co.Ni.O.Pd. The predicted octanol–water partition coefficient (Wildman–Crippen LogP) is -0.126. The Morgan fingerprint density at radius 3 is 1.25 bits per heavy atom. The van der Waals surface area contributed by atoms with Crippen molar-refractivity contribution >= 4 is 0 Å². The fraction of sp³-hybridized carbons (Fsp3) is 0. The van der Waals surface area contributed by atoms with Crippen molar-refractivity contribution in [3.8, 4) is 0 Å². The quantitative estimate of drug-likeness (QED) is 0.539. The zero-order valence-electron chi connectivity index (χ0n) is 1.37. The average molecular weight is 240 g/mol. The van der Waals surface area contributed by atoms with Gasteiger partial charge in [0.2, 0.25) is 0 Å². The monoisotopic (exact) mass is 239 g/mol. The molecule has 4 heteroatoms. The Balaban J connectivity index is -0.00000000500. The van der Waals surface area contributed by atoms with E-state index < -0.39 is 0 Å². The smallest absolute Gasteiger partial charge is 0 e. The average Bonchev–Trinajstić information content (AvgIpc) is 1.00. The molecule has 0 bridgehead atoms. The first-order chi connectivity index (χ1) is 1.00. The van der Waals surface area contributed by atoms with E-state index in [2.05, 4.69) is 15.7 Å². The van der Waals surface area contributed by atoms with Crippen molar-refractivity contribution in [3.63, 3.8) is 0 Å². The van der Waals surface area contributed by atoms with E-state index in [9.17, 15) is 0 Å². The van der Waals surface area contributed by atoms with Crippen molar-refractivity contribution in [2.45, 2.75) is 0 Å². The van der Waals surface area contributed by atoms with E-state index in [1.807, 2.05) is 0 Å². The van der Waals surface area contributed by atoms with Crippen LogP contribution in [0.4, 0.5) is 0 Å². The van der Waals surface area contributed by atoms with Gasteiger partial charge in [-0.15, -0.1) is 0 Å². The van der Waals surface area contributed by atoms with Crippen molar-refractivity contribution in [1.29, 1.82) is 0 Å². The van der Waals surface area contributed by atoms with Gasteiger partial charge in [-0.25, -0.2) is 0 Å². The molecule has 0 radical (unpaired) electrons. The predicted molar refractivity (Wildman–Crippen MR) is 0.686 cm³/mol. The maximum Gasteiger partial charge on any atom is 0 e. The molecule has 0 aromatic carbocycles. The Kier molecular flexibility index (Phi) is 112. The molecule has 0 N–H and O–H groups in total. The summed E-state index contributed by atoms with van der Waals surface area (Å²) in [7, 11) is 0. The Bertz CT molecular complexity index is 8.00. The second-order valence-corrected chi connectivity index (χ2v) is 0. The van der Waals surface area contributed by atoms with Gasteiger partial charge in [-0.2, -0.15) is 0 Å². The van der Waals surface area contributed by atoms with Crippen LogP contribution in [0.5, 0.6) is 0 Å². The summed E-state index contributed by atoms with van der Waals surface area (Å²) in [4.78, 5) is 0. The minimum atomic E-state index is 0. The second kappa shape index (κ2) is 25.0. The van der Waals surface area contributed by atoms with Crippen LogP contribution in [0, 0.1) is 0 Å². The SMILES string of the molecule is [Ni].[O]=[Co].[Pd]. The van der Waals surface area contributed by atoms with E-state index in [4.69, 9.17) is 3.87 Å². The summed E-state index contributed by atoms with van der Waals surface area (Å²) in [6.07, 6.45) is 0. The zero-order valence-corrected chi connectivity index (χ0v) is 4.96. The summed E-state index contributed by atoms with van der Waals surface area (Å²) in [5.41, 5.74) is 0. The molecule has 0 saturated carbocycles. The molecule has 0 rings (SSSR count). The Morgan fingerprint density at radius 2 is 1.25 bits per heavy atom. The molecule has 0 fully saturated rings. The van der Waals surface area contributed by atoms with Crippen molar-refractivity contribution in [1.82, 2.24) is 0 Å². The first kappa shape index (κ1) is 17.9. The molecule has 0 saturated heterocycles. The summed E-state index contributed by atoms with van der Waals surface area (Å²) in [5.74, 6) is 0. The van der Waals surface area contributed by atoms with Crippen LogP contribution in [0.2, 0.25) is 0 Å². The van der Waals surface area contributed by atoms with Crippen LogP contribution in [0.1, 0.15) is 0 Å². The summed E-state index contributed by atoms with van der Waals surface area (Å²) in [5, 5.41) is 0. The largest absolute Gasteiger partial charge is 0 e. The molecule has 4 heavy (non-hydrogen) atoms. The minimum absolute atomic E-state index is 0. The first-order valence-electron chi connectivity index (χ1n) is 0.136. The van der Waals surface area contributed by atoms with E-state index in [-0.39, 0.29) is 36.9 Å². The summed E-state index contributed by atoms with van der Waals surface area (Å²) >= 11 is 2.31. The van der Waals surface area contributed by atoms with Crippen LogP contribution in [0.15, 0.2) is 0 Å². The van der Waals surface area contributed by atoms with Gasteiger partial charge in [0.1, 0.15) is 0 Å². The molecule has 0 amide bonds. The van der Waals surface area contributed by atoms with Crippen molar-refractivity contribution < 1.29 is 56.4 Å². The van der Waals surface area contributed by atoms with Gasteiger partial charge >= 0.3 is 19.5 Å². The summed E-state index contributed by atoms with van der Waals surface area (Å²) in [6, 6.07) is 0. The molecule has 0 spiro atoms. The number of rotatable bonds is 0. The van der Waals surface area contributed by atoms with Gasteiger partial charge in [-0.05, 0) is 0 Å². The van der Waals surface area contributed by atoms with Crippen molar-refractivity contribution in [2.75, 3.05) is 0 Å². The molecule has 0 heterocycles. The second-order valence-electron chi connectivity index (χ2n) is 0. The molecule has 0 aliphatic carbocycles. The molecular weight excluding hydrogens is 240 g/mol. The van der Waals surface area contributed by atoms with E-state index >= 15 is 0 Å². The molecule has 0 atom stereocenters. The van der Waals surface area contributed by atoms with Crippen molar-refractivity contribution in [3.05, 3.63) is 0 Å². The van der Waals surface area contributed by atoms with E-state index in [0.717, 1.165) is 0 Å². The van der Waals surface area contributed by atoms with E-state index in [1.54, 1.807) is 0 Å². The third kappa shape index (κ3) is 9.82. The van der Waals surface area contributed by atoms with E-state index in [0.29, 0.717) is 0 Å². The van der Waals surface area contributed by atoms with Gasteiger partial charge in [-0.1, -0.05) is 0 Å². The maximum atomic E-state index is 7.94. The van der Waals surface area contributed by atoms with Gasteiger partial charge in [-0.3, -0.25) is 0 Å². The van der Waals surface area contributed by atoms with E-state index in [1.165, 1.54) is 0 Å². The van der Waals surface area contributed by atoms with Crippen LogP contribution in [0.3, 0.4) is 0 Å². The number of hydrogen-bond acceptors (Lipinski definition) is 1. The fourth-order valence-electron chi connectivity index (χ4n) is 0. The van der Waals surface area contributed by atoms with Gasteiger partial charge in [0.25, 0.3) is 0 Å².